The maximum absolute atomic E-state index is 8.53. The molecule has 0 spiro atoms. The molecule has 0 unspecified atom stereocenters. The Labute approximate surface area is 64.1 Å². The third kappa shape index (κ3) is 1.07. The highest BCUT2D eigenvalue weighted by Crippen LogP contribution is 2.04. The van der Waals surface area contributed by atoms with E-state index in [1.54, 1.807) is 12.3 Å². The van der Waals surface area contributed by atoms with Gasteiger partial charge in [0.25, 0.3) is 0 Å². The highest BCUT2D eigenvalue weighted by atomic mass is 32.1. The van der Waals surface area contributed by atoms with Crippen molar-refractivity contribution in [2.75, 3.05) is 0 Å². The number of pyridine rings is 1. The molecule has 10 heavy (non-hydrogen) atoms. The number of hydrogen-bond donors (Lipinski definition) is 1. The summed E-state index contributed by atoms with van der Waals surface area (Å²) in [5.41, 5.74) is 1.49. The van der Waals surface area contributed by atoms with Gasteiger partial charge < -0.3 is 4.98 Å². The lowest BCUT2D eigenvalue weighted by molar-refractivity contribution is 1.22. The van der Waals surface area contributed by atoms with Gasteiger partial charge in [-0.3, -0.25) is 0 Å². The van der Waals surface area contributed by atoms with Gasteiger partial charge in [0, 0.05) is 11.8 Å². The average Bonchev–Trinajstić information content (AvgIpc) is 1.95. The van der Waals surface area contributed by atoms with E-state index in [1.165, 1.54) is 0 Å². The first kappa shape index (κ1) is 6.97. The third-order valence-corrected chi connectivity index (χ3v) is 1.75. The topological polar surface area (TPSA) is 39.6 Å². The van der Waals surface area contributed by atoms with Gasteiger partial charge in [-0.25, -0.2) is 0 Å². The van der Waals surface area contributed by atoms with Gasteiger partial charge in [-0.15, -0.1) is 0 Å². The smallest absolute Gasteiger partial charge is 0.107 e. The van der Waals surface area contributed by atoms with Crippen LogP contribution < -0.4 is 0 Å². The van der Waals surface area contributed by atoms with Crippen LogP contribution in [0.1, 0.15) is 11.1 Å². The zero-order valence-corrected chi connectivity index (χ0v) is 6.33. The van der Waals surface area contributed by atoms with Gasteiger partial charge in [-0.1, -0.05) is 12.2 Å². The van der Waals surface area contributed by atoms with E-state index in [2.05, 4.69) is 4.98 Å². The van der Waals surface area contributed by atoms with Gasteiger partial charge in [0.1, 0.15) is 4.64 Å². The van der Waals surface area contributed by atoms with Crippen molar-refractivity contribution in [2.24, 2.45) is 0 Å². The Hall–Kier alpha value is -1.14. The molecule has 2 nitrogen and oxygen atoms in total. The van der Waals surface area contributed by atoms with E-state index < -0.39 is 0 Å². The predicted octanol–water partition coefficient (Wildman–Crippen LogP) is 1.92. The molecule has 50 valence electrons. The Bertz CT molecular complexity index is 332. The summed E-state index contributed by atoms with van der Waals surface area (Å²) in [6.45, 7) is 1.83. The number of hydrogen-bond acceptors (Lipinski definition) is 2. The van der Waals surface area contributed by atoms with Crippen molar-refractivity contribution >= 4 is 12.2 Å². The number of H-pyrrole nitrogens is 1. The average molecular weight is 150 g/mol. The van der Waals surface area contributed by atoms with Gasteiger partial charge >= 0.3 is 0 Å². The Kier molecular flexibility index (Phi) is 1.83. The fourth-order valence-electron chi connectivity index (χ4n) is 0.677. The fraction of sp³-hybridized carbons (Fsp3) is 0.143. The van der Waals surface area contributed by atoms with E-state index >= 15 is 0 Å². The molecule has 1 aromatic heterocycles. The maximum Gasteiger partial charge on any atom is 0.107 e. The number of aromatic amines is 1. The highest BCUT2D eigenvalue weighted by molar-refractivity contribution is 7.71. The quantitative estimate of drug-likeness (QED) is 0.574. The molecule has 1 rings (SSSR count). The predicted molar refractivity (Wildman–Crippen MR) is 41.1 cm³/mol. The van der Waals surface area contributed by atoms with Crippen molar-refractivity contribution in [1.29, 1.82) is 5.26 Å². The first-order chi connectivity index (χ1) is 4.75. The van der Waals surface area contributed by atoms with Crippen molar-refractivity contribution in [3.8, 4) is 6.07 Å². The molecule has 1 aromatic rings. The Morgan fingerprint density at radius 2 is 2.40 bits per heavy atom. The summed E-state index contributed by atoms with van der Waals surface area (Å²) in [6.07, 6.45) is 1.67. The SMILES string of the molecule is Cc1c(C#N)cc[nH]c1=S. The molecule has 1 N–H and O–H groups in total. The first-order valence-electron chi connectivity index (χ1n) is 2.84. The minimum atomic E-state index is 0.638. The number of rotatable bonds is 0. The molecule has 0 fully saturated rings. The van der Waals surface area contributed by atoms with Crippen molar-refractivity contribution in [1.82, 2.24) is 4.98 Å². The van der Waals surface area contributed by atoms with Crippen LogP contribution in [0.15, 0.2) is 12.3 Å². The van der Waals surface area contributed by atoms with Gasteiger partial charge in [0.2, 0.25) is 0 Å². The van der Waals surface area contributed by atoms with Gasteiger partial charge in [0.05, 0.1) is 11.6 Å². The molecule has 0 radical (unpaired) electrons. The molecule has 0 bridgehead atoms. The second-order valence-electron chi connectivity index (χ2n) is 1.96. The largest absolute Gasteiger partial charge is 0.353 e. The highest BCUT2D eigenvalue weighted by Gasteiger charge is 1.94. The minimum Gasteiger partial charge on any atom is -0.353 e. The summed E-state index contributed by atoms with van der Waals surface area (Å²) < 4.78 is 0.638. The molecular formula is C7H6N2S. The molecule has 1 heterocycles. The Morgan fingerprint density at radius 1 is 1.70 bits per heavy atom. The van der Waals surface area contributed by atoms with Crippen LogP contribution in [0.5, 0.6) is 0 Å². The Morgan fingerprint density at radius 3 is 2.90 bits per heavy atom. The standard InChI is InChI=1S/C7H6N2S/c1-5-6(4-8)2-3-9-7(5)10/h2-3H,1H3,(H,9,10). The summed E-state index contributed by atoms with van der Waals surface area (Å²) in [4.78, 5) is 2.84. The van der Waals surface area contributed by atoms with Crippen LogP contribution in [-0.4, -0.2) is 4.98 Å². The molecular weight excluding hydrogens is 144 g/mol. The van der Waals surface area contributed by atoms with Crippen molar-refractivity contribution in [2.45, 2.75) is 6.92 Å². The van der Waals surface area contributed by atoms with Crippen LogP contribution in [0.3, 0.4) is 0 Å². The molecule has 0 saturated carbocycles. The number of aromatic nitrogens is 1. The lowest BCUT2D eigenvalue weighted by atomic mass is 10.2. The minimum absolute atomic E-state index is 0.638. The molecule has 3 heteroatoms. The van der Waals surface area contributed by atoms with Crippen LogP contribution in [0.4, 0.5) is 0 Å². The third-order valence-electron chi connectivity index (χ3n) is 1.33. The number of nitriles is 1. The maximum atomic E-state index is 8.53. The molecule has 0 aromatic carbocycles. The second kappa shape index (κ2) is 2.63. The van der Waals surface area contributed by atoms with Gasteiger partial charge in [-0.2, -0.15) is 5.26 Å². The van der Waals surface area contributed by atoms with E-state index in [-0.39, 0.29) is 0 Å². The summed E-state index contributed by atoms with van der Waals surface area (Å²) in [5, 5.41) is 8.53. The van der Waals surface area contributed by atoms with Crippen molar-refractivity contribution in [3.05, 3.63) is 28.0 Å². The summed E-state index contributed by atoms with van der Waals surface area (Å²) in [6, 6.07) is 3.76. The van der Waals surface area contributed by atoms with Crippen LogP contribution >= 0.6 is 12.2 Å². The molecule has 0 atom stereocenters. The number of nitrogens with one attached hydrogen (secondary N) is 1. The molecule has 0 aliphatic carbocycles. The number of nitrogens with zero attached hydrogens (tertiary/aromatic N) is 1. The van der Waals surface area contributed by atoms with Gasteiger partial charge in [-0.05, 0) is 13.0 Å². The van der Waals surface area contributed by atoms with E-state index in [1.807, 2.05) is 13.0 Å². The van der Waals surface area contributed by atoms with E-state index in [0.717, 1.165) is 5.56 Å². The van der Waals surface area contributed by atoms with E-state index in [0.29, 0.717) is 10.2 Å². The monoisotopic (exact) mass is 150 g/mol. The molecule has 0 saturated heterocycles. The summed E-state index contributed by atoms with van der Waals surface area (Å²) in [7, 11) is 0. The zero-order chi connectivity index (χ0) is 7.56. The lowest BCUT2D eigenvalue weighted by Gasteiger charge is -1.93. The summed E-state index contributed by atoms with van der Waals surface area (Å²) in [5.74, 6) is 0. The van der Waals surface area contributed by atoms with Crippen LogP contribution in [0.2, 0.25) is 0 Å². The van der Waals surface area contributed by atoms with Crippen LogP contribution in [0, 0.1) is 22.9 Å². The molecule has 0 aliphatic rings. The summed E-state index contributed by atoms with van der Waals surface area (Å²) >= 11 is 4.90. The van der Waals surface area contributed by atoms with Crippen LogP contribution in [0.25, 0.3) is 0 Å². The lowest BCUT2D eigenvalue weighted by Crippen LogP contribution is -1.84. The Balaban J connectivity index is 3.46. The van der Waals surface area contributed by atoms with Crippen molar-refractivity contribution < 1.29 is 0 Å². The first-order valence-corrected chi connectivity index (χ1v) is 3.25. The van der Waals surface area contributed by atoms with Gasteiger partial charge in [0.15, 0.2) is 0 Å². The molecule has 0 amide bonds. The fourth-order valence-corrected chi connectivity index (χ4v) is 0.855. The van der Waals surface area contributed by atoms with Crippen molar-refractivity contribution in [3.63, 3.8) is 0 Å². The second-order valence-corrected chi connectivity index (χ2v) is 2.37. The molecule has 0 aliphatic heterocycles. The van der Waals surface area contributed by atoms with E-state index in [9.17, 15) is 0 Å². The normalized spacial score (nSPS) is 8.80. The van der Waals surface area contributed by atoms with Crippen LogP contribution in [-0.2, 0) is 0 Å². The zero-order valence-electron chi connectivity index (χ0n) is 5.51. The van der Waals surface area contributed by atoms with E-state index in [4.69, 9.17) is 17.5 Å².